The molecule has 0 aliphatic heterocycles. The topological polar surface area (TPSA) is 26.3 Å². The molecule has 21 heavy (non-hydrogen) atoms. The van der Waals surface area contributed by atoms with Crippen molar-refractivity contribution in [2.45, 2.75) is 12.1 Å². The first-order chi connectivity index (χ1) is 9.93. The Balaban J connectivity index is 2.41. The molecule has 0 amide bonds. The van der Waals surface area contributed by atoms with Crippen molar-refractivity contribution in [3.63, 3.8) is 0 Å². The molecular formula is C14H10ClF3O2S. The monoisotopic (exact) mass is 334 g/mol. The summed E-state index contributed by atoms with van der Waals surface area (Å²) in [4.78, 5) is 10.2. The molecule has 7 heteroatoms. The molecule has 0 aliphatic carbocycles. The first-order valence-corrected chi connectivity index (χ1v) is 7.19. The number of alkyl halides is 3. The van der Waals surface area contributed by atoms with Crippen molar-refractivity contribution < 1.29 is 22.7 Å². The van der Waals surface area contributed by atoms with E-state index in [0.717, 1.165) is 0 Å². The zero-order valence-electron chi connectivity index (χ0n) is 10.6. The molecule has 2 rings (SSSR count). The summed E-state index contributed by atoms with van der Waals surface area (Å²) in [6.45, 7) is -0.711. The van der Waals surface area contributed by atoms with Crippen LogP contribution in [0.2, 0.25) is 5.02 Å². The second-order valence-corrected chi connectivity index (χ2v) is 5.45. The maximum absolute atomic E-state index is 13.2. The molecule has 0 saturated carbocycles. The predicted octanol–water partition coefficient (Wildman–Crippen LogP) is 4.89. The van der Waals surface area contributed by atoms with Crippen LogP contribution < -0.4 is 0 Å². The van der Waals surface area contributed by atoms with Gasteiger partial charge < -0.3 is 4.74 Å². The summed E-state index contributed by atoms with van der Waals surface area (Å²) in [5.74, 6) is -1.85. The third kappa shape index (κ3) is 3.77. The van der Waals surface area contributed by atoms with Crippen LogP contribution in [0.4, 0.5) is 13.2 Å². The molecule has 0 bridgehead atoms. The fourth-order valence-electron chi connectivity index (χ4n) is 1.94. The minimum absolute atomic E-state index is 0.0209. The lowest BCUT2D eigenvalue weighted by Gasteiger charge is -2.20. The molecule has 2 aromatic rings. The van der Waals surface area contributed by atoms with Gasteiger partial charge in [-0.15, -0.1) is 0 Å². The molecule has 0 N–H and O–H groups in total. The summed E-state index contributed by atoms with van der Waals surface area (Å²) < 4.78 is 43.8. The third-order valence-electron chi connectivity index (χ3n) is 2.95. The van der Waals surface area contributed by atoms with E-state index in [9.17, 15) is 18.0 Å². The summed E-state index contributed by atoms with van der Waals surface area (Å²) in [7, 11) is 0. The largest absolute Gasteiger partial charge is 0.467 e. The van der Waals surface area contributed by atoms with Crippen molar-refractivity contribution in [1.82, 2.24) is 0 Å². The van der Waals surface area contributed by atoms with Crippen LogP contribution >= 0.6 is 22.9 Å². The van der Waals surface area contributed by atoms with Gasteiger partial charge >= 0.3 is 6.18 Å². The molecule has 0 aliphatic rings. The van der Waals surface area contributed by atoms with E-state index in [-0.39, 0.29) is 12.0 Å². The SMILES string of the molecule is O=COCC(c1cscc1-c1ccc(Cl)cc1)C(F)(F)F. The van der Waals surface area contributed by atoms with Crippen molar-refractivity contribution >= 4 is 29.4 Å². The van der Waals surface area contributed by atoms with E-state index in [4.69, 9.17) is 11.6 Å². The third-order valence-corrected chi connectivity index (χ3v) is 3.96. The van der Waals surface area contributed by atoms with Gasteiger partial charge in [0.1, 0.15) is 12.5 Å². The number of carbonyl (C=O) groups is 1. The zero-order chi connectivity index (χ0) is 15.5. The lowest BCUT2D eigenvalue weighted by Crippen LogP contribution is -2.25. The van der Waals surface area contributed by atoms with E-state index in [1.165, 1.54) is 16.7 Å². The molecule has 0 fully saturated rings. The van der Waals surface area contributed by atoms with Gasteiger partial charge in [-0.2, -0.15) is 24.5 Å². The van der Waals surface area contributed by atoms with Gasteiger partial charge in [0.2, 0.25) is 0 Å². The van der Waals surface area contributed by atoms with E-state index in [0.29, 0.717) is 16.1 Å². The Bertz CT molecular complexity index is 607. The molecule has 2 nitrogen and oxygen atoms in total. The fraction of sp³-hybridized carbons (Fsp3) is 0.214. The van der Waals surface area contributed by atoms with Crippen LogP contribution in [0.3, 0.4) is 0 Å². The quantitative estimate of drug-likeness (QED) is 0.728. The predicted molar refractivity (Wildman–Crippen MR) is 75.6 cm³/mol. The molecule has 112 valence electrons. The van der Waals surface area contributed by atoms with Crippen LogP contribution in [0.25, 0.3) is 11.1 Å². The Morgan fingerprint density at radius 1 is 1.24 bits per heavy atom. The fourth-order valence-corrected chi connectivity index (χ4v) is 2.98. The Hall–Kier alpha value is -1.53. The van der Waals surface area contributed by atoms with Gasteiger partial charge in [-0.05, 0) is 39.6 Å². The van der Waals surface area contributed by atoms with Gasteiger partial charge in [-0.25, -0.2) is 0 Å². The van der Waals surface area contributed by atoms with Gasteiger partial charge in [-0.3, -0.25) is 4.79 Å². The highest BCUT2D eigenvalue weighted by Crippen LogP contribution is 2.41. The van der Waals surface area contributed by atoms with Gasteiger partial charge in [0.05, 0.1) is 0 Å². The smallest absolute Gasteiger partial charge is 0.399 e. The Morgan fingerprint density at radius 2 is 1.90 bits per heavy atom. The number of carbonyl (C=O) groups excluding carboxylic acids is 1. The minimum Gasteiger partial charge on any atom is -0.467 e. The highest BCUT2D eigenvalue weighted by atomic mass is 35.5. The van der Waals surface area contributed by atoms with Crippen molar-refractivity contribution in [1.29, 1.82) is 0 Å². The van der Waals surface area contributed by atoms with Crippen molar-refractivity contribution in [3.8, 4) is 11.1 Å². The van der Waals surface area contributed by atoms with Crippen LogP contribution in [0.1, 0.15) is 11.5 Å². The molecule has 0 spiro atoms. The highest BCUT2D eigenvalue weighted by molar-refractivity contribution is 7.08. The summed E-state index contributed by atoms with van der Waals surface area (Å²) in [6.07, 6.45) is -4.49. The molecular weight excluding hydrogens is 325 g/mol. The summed E-state index contributed by atoms with van der Waals surface area (Å²) >= 11 is 6.95. The molecule has 1 atom stereocenters. The van der Waals surface area contributed by atoms with E-state index in [2.05, 4.69) is 4.74 Å². The summed E-state index contributed by atoms with van der Waals surface area (Å²) in [5, 5.41) is 3.57. The zero-order valence-corrected chi connectivity index (χ0v) is 12.1. The molecule has 1 unspecified atom stereocenters. The number of hydrogen-bond acceptors (Lipinski definition) is 3. The molecule has 0 radical (unpaired) electrons. The van der Waals surface area contributed by atoms with E-state index in [1.54, 1.807) is 29.6 Å². The number of thiophene rings is 1. The number of ether oxygens (including phenoxy) is 1. The van der Waals surface area contributed by atoms with Crippen molar-refractivity contribution in [3.05, 3.63) is 45.6 Å². The van der Waals surface area contributed by atoms with Gasteiger partial charge in [0.25, 0.3) is 6.47 Å². The number of rotatable bonds is 5. The second kappa shape index (κ2) is 6.49. The maximum atomic E-state index is 13.2. The number of hydrogen-bond donors (Lipinski definition) is 0. The van der Waals surface area contributed by atoms with Gasteiger partial charge in [0, 0.05) is 5.02 Å². The molecule has 1 heterocycles. The molecule has 1 aromatic carbocycles. The summed E-state index contributed by atoms with van der Waals surface area (Å²) in [6, 6.07) is 6.54. The normalized spacial score (nSPS) is 13.0. The first kappa shape index (κ1) is 15.9. The van der Waals surface area contributed by atoms with Crippen molar-refractivity contribution in [2.24, 2.45) is 0 Å². The lowest BCUT2D eigenvalue weighted by atomic mass is 9.94. The van der Waals surface area contributed by atoms with Gasteiger partial charge in [-0.1, -0.05) is 23.7 Å². The van der Waals surface area contributed by atoms with E-state index >= 15 is 0 Å². The first-order valence-electron chi connectivity index (χ1n) is 5.87. The number of halogens is 4. The highest BCUT2D eigenvalue weighted by Gasteiger charge is 2.42. The Morgan fingerprint density at radius 3 is 2.48 bits per heavy atom. The van der Waals surface area contributed by atoms with Gasteiger partial charge in [0.15, 0.2) is 0 Å². The lowest BCUT2D eigenvalue weighted by molar-refractivity contribution is -0.164. The standard InChI is InChI=1S/C14H10ClF3O2S/c15-10-3-1-9(2-4-10)11-6-21-7-12(11)13(5-20-8-19)14(16,17)18/h1-4,6-8,13H,5H2. The Kier molecular flexibility index (Phi) is 4.90. The van der Waals surface area contributed by atoms with E-state index < -0.39 is 18.7 Å². The van der Waals surface area contributed by atoms with E-state index in [1.807, 2.05) is 0 Å². The van der Waals surface area contributed by atoms with Crippen molar-refractivity contribution in [2.75, 3.05) is 6.61 Å². The minimum atomic E-state index is -4.49. The van der Waals surface area contributed by atoms with Crippen LogP contribution in [-0.2, 0) is 9.53 Å². The van der Waals surface area contributed by atoms with Crippen LogP contribution in [0.15, 0.2) is 35.0 Å². The molecule has 0 saturated heterocycles. The molecule has 1 aromatic heterocycles. The second-order valence-electron chi connectivity index (χ2n) is 4.27. The Labute approximate surface area is 128 Å². The average molecular weight is 335 g/mol. The number of benzene rings is 1. The summed E-state index contributed by atoms with van der Waals surface area (Å²) in [5.41, 5.74) is 1.20. The van der Waals surface area contributed by atoms with Crippen LogP contribution in [0.5, 0.6) is 0 Å². The van der Waals surface area contributed by atoms with Crippen LogP contribution in [-0.4, -0.2) is 19.3 Å². The maximum Gasteiger partial charge on any atom is 0.399 e. The average Bonchev–Trinajstić information content (AvgIpc) is 2.87. The van der Waals surface area contributed by atoms with Crippen LogP contribution in [0, 0.1) is 0 Å².